The number of nitrogens with zero attached hydrogens (tertiary/aromatic N) is 1. The largest absolute Gasteiger partial charge is 0.480 e. The first kappa shape index (κ1) is 15.0. The molecule has 0 aliphatic carbocycles. The van der Waals surface area contributed by atoms with Crippen LogP contribution in [0.4, 0.5) is 0 Å². The van der Waals surface area contributed by atoms with E-state index in [-0.39, 0.29) is 6.42 Å². The molecule has 1 aromatic rings. The Kier molecular flexibility index (Phi) is 4.90. The van der Waals surface area contributed by atoms with Crippen molar-refractivity contribution in [3.8, 4) is 6.07 Å². The van der Waals surface area contributed by atoms with Gasteiger partial charge in [0.25, 0.3) is 0 Å². The quantitative estimate of drug-likeness (QED) is 0.836. The van der Waals surface area contributed by atoms with E-state index in [2.05, 4.69) is 5.32 Å². The maximum atomic E-state index is 11.9. The first-order chi connectivity index (χ1) is 10.1. The normalized spacial score (nSPS) is 18.7. The lowest BCUT2D eigenvalue weighted by Crippen LogP contribution is -2.46. The first-order valence-corrected chi connectivity index (χ1v) is 6.74. The number of aliphatic carboxylic acids is 1. The molecule has 110 valence electrons. The summed E-state index contributed by atoms with van der Waals surface area (Å²) < 4.78 is 5.23. The lowest BCUT2D eigenvalue weighted by molar-refractivity contribution is -0.143. The van der Waals surface area contributed by atoms with Gasteiger partial charge in [0.1, 0.15) is 12.1 Å². The molecule has 2 rings (SSSR count). The van der Waals surface area contributed by atoms with Gasteiger partial charge in [0, 0.05) is 13.0 Å². The SMILES string of the molecule is N#Cc1ccccc1C[C@@H](NC(=O)[C@H]1CCCO1)C(=O)O. The summed E-state index contributed by atoms with van der Waals surface area (Å²) in [6.07, 6.45) is 0.899. The van der Waals surface area contributed by atoms with Crippen molar-refractivity contribution < 1.29 is 19.4 Å². The molecule has 1 aliphatic heterocycles. The Morgan fingerprint density at radius 1 is 1.48 bits per heavy atom. The minimum atomic E-state index is -1.13. The zero-order chi connectivity index (χ0) is 15.2. The fraction of sp³-hybridized carbons (Fsp3) is 0.400. The third kappa shape index (κ3) is 3.80. The number of hydrogen-bond donors (Lipinski definition) is 2. The molecule has 6 heteroatoms. The molecule has 1 saturated heterocycles. The van der Waals surface area contributed by atoms with Crippen LogP contribution < -0.4 is 5.32 Å². The van der Waals surface area contributed by atoms with E-state index in [1.54, 1.807) is 24.3 Å². The molecular formula is C15H16N2O4. The summed E-state index contributed by atoms with van der Waals surface area (Å²) in [5.74, 6) is -1.54. The molecule has 0 unspecified atom stereocenters. The molecule has 0 bridgehead atoms. The van der Waals surface area contributed by atoms with Crippen molar-refractivity contribution in [1.82, 2.24) is 5.32 Å². The number of carbonyl (C=O) groups excluding carboxylic acids is 1. The number of carbonyl (C=O) groups is 2. The van der Waals surface area contributed by atoms with Crippen LogP contribution in [0.25, 0.3) is 0 Å². The minimum absolute atomic E-state index is 0.0670. The highest BCUT2D eigenvalue weighted by Crippen LogP contribution is 2.14. The summed E-state index contributed by atoms with van der Waals surface area (Å²) in [4.78, 5) is 23.3. The molecule has 21 heavy (non-hydrogen) atoms. The number of hydrogen-bond acceptors (Lipinski definition) is 4. The van der Waals surface area contributed by atoms with Crippen molar-refractivity contribution in [3.63, 3.8) is 0 Å². The van der Waals surface area contributed by atoms with Gasteiger partial charge in [0.15, 0.2) is 0 Å². The summed E-state index contributed by atoms with van der Waals surface area (Å²) >= 11 is 0. The fourth-order valence-electron chi connectivity index (χ4n) is 2.28. The Bertz CT molecular complexity index is 573. The van der Waals surface area contributed by atoms with E-state index >= 15 is 0 Å². The van der Waals surface area contributed by atoms with Crippen LogP contribution in [0.15, 0.2) is 24.3 Å². The number of nitriles is 1. The van der Waals surface area contributed by atoms with Crippen molar-refractivity contribution in [2.45, 2.75) is 31.4 Å². The molecule has 0 radical (unpaired) electrons. The molecule has 1 heterocycles. The van der Waals surface area contributed by atoms with E-state index in [1.807, 2.05) is 6.07 Å². The van der Waals surface area contributed by atoms with Crippen molar-refractivity contribution >= 4 is 11.9 Å². The Hall–Kier alpha value is -2.39. The Labute approximate surface area is 122 Å². The van der Waals surface area contributed by atoms with Gasteiger partial charge in [-0.3, -0.25) is 4.79 Å². The molecular weight excluding hydrogens is 272 g/mol. The average Bonchev–Trinajstić information content (AvgIpc) is 3.01. The van der Waals surface area contributed by atoms with Crippen LogP contribution in [-0.4, -0.2) is 35.7 Å². The van der Waals surface area contributed by atoms with Crippen LogP contribution >= 0.6 is 0 Å². The molecule has 0 spiro atoms. The molecule has 1 aromatic carbocycles. The number of ether oxygens (including phenoxy) is 1. The molecule has 6 nitrogen and oxygen atoms in total. The van der Waals surface area contributed by atoms with Gasteiger partial charge in [-0.05, 0) is 24.5 Å². The zero-order valence-corrected chi connectivity index (χ0v) is 11.4. The summed E-state index contributed by atoms with van der Waals surface area (Å²) in [5, 5.41) is 20.8. The zero-order valence-electron chi connectivity index (χ0n) is 11.4. The fourth-order valence-corrected chi connectivity index (χ4v) is 2.28. The Morgan fingerprint density at radius 3 is 2.86 bits per heavy atom. The van der Waals surface area contributed by atoms with E-state index < -0.39 is 24.0 Å². The summed E-state index contributed by atoms with van der Waals surface area (Å²) in [7, 11) is 0. The van der Waals surface area contributed by atoms with E-state index in [0.717, 1.165) is 6.42 Å². The minimum Gasteiger partial charge on any atom is -0.480 e. The Morgan fingerprint density at radius 2 is 2.24 bits per heavy atom. The summed E-state index contributed by atoms with van der Waals surface area (Å²) in [6, 6.07) is 7.70. The number of amides is 1. The van der Waals surface area contributed by atoms with Crippen LogP contribution in [-0.2, 0) is 20.7 Å². The first-order valence-electron chi connectivity index (χ1n) is 6.74. The average molecular weight is 288 g/mol. The van der Waals surface area contributed by atoms with Crippen LogP contribution in [0.1, 0.15) is 24.0 Å². The molecule has 1 amide bonds. The van der Waals surface area contributed by atoms with Gasteiger partial charge in [-0.1, -0.05) is 18.2 Å². The maximum Gasteiger partial charge on any atom is 0.326 e. The van der Waals surface area contributed by atoms with Gasteiger partial charge < -0.3 is 15.2 Å². The van der Waals surface area contributed by atoms with Gasteiger partial charge in [-0.15, -0.1) is 0 Å². The highest BCUT2D eigenvalue weighted by atomic mass is 16.5. The van der Waals surface area contributed by atoms with Crippen molar-refractivity contribution in [3.05, 3.63) is 35.4 Å². The van der Waals surface area contributed by atoms with Crippen molar-refractivity contribution in [2.24, 2.45) is 0 Å². The van der Waals surface area contributed by atoms with Crippen LogP contribution in [0.3, 0.4) is 0 Å². The Balaban J connectivity index is 2.07. The second-order valence-electron chi connectivity index (χ2n) is 4.87. The molecule has 2 atom stereocenters. The third-order valence-electron chi connectivity index (χ3n) is 3.40. The smallest absolute Gasteiger partial charge is 0.326 e. The van der Waals surface area contributed by atoms with E-state index in [9.17, 15) is 14.7 Å². The van der Waals surface area contributed by atoms with E-state index in [4.69, 9.17) is 10.00 Å². The molecule has 0 aromatic heterocycles. The van der Waals surface area contributed by atoms with Crippen LogP contribution in [0, 0.1) is 11.3 Å². The van der Waals surface area contributed by atoms with Gasteiger partial charge in [-0.2, -0.15) is 5.26 Å². The highest BCUT2D eigenvalue weighted by Gasteiger charge is 2.28. The maximum absolute atomic E-state index is 11.9. The van der Waals surface area contributed by atoms with Gasteiger partial charge >= 0.3 is 5.97 Å². The molecule has 0 saturated carbocycles. The second kappa shape index (κ2) is 6.86. The van der Waals surface area contributed by atoms with E-state index in [0.29, 0.717) is 24.2 Å². The van der Waals surface area contributed by atoms with Crippen molar-refractivity contribution in [2.75, 3.05) is 6.61 Å². The van der Waals surface area contributed by atoms with Crippen LogP contribution in [0.2, 0.25) is 0 Å². The second-order valence-corrected chi connectivity index (χ2v) is 4.87. The number of carboxylic acid groups (broad SMARTS) is 1. The lowest BCUT2D eigenvalue weighted by Gasteiger charge is -2.17. The number of nitrogens with one attached hydrogen (secondary N) is 1. The van der Waals surface area contributed by atoms with Gasteiger partial charge in [0.05, 0.1) is 11.6 Å². The molecule has 2 N–H and O–H groups in total. The van der Waals surface area contributed by atoms with Gasteiger partial charge in [0.2, 0.25) is 5.91 Å². The number of rotatable bonds is 5. The standard InChI is InChI=1S/C15H16N2O4/c16-9-11-5-2-1-4-10(11)8-12(15(19)20)17-14(18)13-6-3-7-21-13/h1-2,4-5,12-13H,3,6-8H2,(H,17,18)(H,19,20)/t12-,13-/m1/s1. The summed E-state index contributed by atoms with van der Waals surface area (Å²) in [5.41, 5.74) is 1.01. The topological polar surface area (TPSA) is 99.4 Å². The van der Waals surface area contributed by atoms with Crippen LogP contribution in [0.5, 0.6) is 0 Å². The third-order valence-corrected chi connectivity index (χ3v) is 3.40. The monoisotopic (exact) mass is 288 g/mol. The number of carboxylic acids is 1. The highest BCUT2D eigenvalue weighted by molar-refractivity contribution is 5.86. The molecule has 1 fully saturated rings. The summed E-state index contributed by atoms with van der Waals surface area (Å²) in [6.45, 7) is 0.521. The predicted octanol–water partition coefficient (Wildman–Crippen LogP) is 0.849. The van der Waals surface area contributed by atoms with Gasteiger partial charge in [-0.25, -0.2) is 4.79 Å². The lowest BCUT2D eigenvalue weighted by atomic mass is 10.0. The number of benzene rings is 1. The van der Waals surface area contributed by atoms with Crippen molar-refractivity contribution in [1.29, 1.82) is 5.26 Å². The predicted molar refractivity (Wildman–Crippen MR) is 73.4 cm³/mol. The van der Waals surface area contributed by atoms with E-state index in [1.165, 1.54) is 0 Å². The molecule has 1 aliphatic rings.